The van der Waals surface area contributed by atoms with Crippen LogP contribution in [0.4, 0.5) is 0 Å². The van der Waals surface area contributed by atoms with Crippen molar-refractivity contribution in [1.82, 2.24) is 5.32 Å². The van der Waals surface area contributed by atoms with Crippen LogP contribution >= 0.6 is 0 Å². The number of rotatable bonds is 3. The third-order valence-electron chi connectivity index (χ3n) is 3.31. The number of ether oxygens (including phenoxy) is 1. The molecular formula is C16H15NO3. The molecule has 0 fully saturated rings. The lowest BCUT2D eigenvalue weighted by Gasteiger charge is -2.11. The van der Waals surface area contributed by atoms with Gasteiger partial charge in [0, 0.05) is 5.56 Å². The molecule has 0 saturated carbocycles. The highest BCUT2D eigenvalue weighted by Gasteiger charge is 2.24. The molecule has 1 aliphatic rings. The second-order valence-electron chi connectivity index (χ2n) is 4.82. The van der Waals surface area contributed by atoms with Crippen LogP contribution in [-0.2, 0) is 11.2 Å². The molecule has 1 unspecified atom stereocenters. The van der Waals surface area contributed by atoms with E-state index in [1.807, 2.05) is 30.3 Å². The highest BCUT2D eigenvalue weighted by Crippen LogP contribution is 2.31. The number of amides is 1. The number of para-hydroxylation sites is 1. The molecule has 0 aliphatic carbocycles. The van der Waals surface area contributed by atoms with Gasteiger partial charge in [0.05, 0.1) is 12.5 Å². The van der Waals surface area contributed by atoms with Gasteiger partial charge >= 0.3 is 0 Å². The maximum atomic E-state index is 12.0. The van der Waals surface area contributed by atoms with E-state index in [1.54, 1.807) is 18.2 Å². The summed E-state index contributed by atoms with van der Waals surface area (Å²) < 4.78 is 5.53. The van der Waals surface area contributed by atoms with Crippen LogP contribution in [-0.4, -0.2) is 17.6 Å². The summed E-state index contributed by atoms with van der Waals surface area (Å²) in [6.07, 6.45) is 0.243. The van der Waals surface area contributed by atoms with Gasteiger partial charge in [0.2, 0.25) is 5.91 Å². The Hall–Kier alpha value is -2.49. The normalized spacial score (nSPS) is 16.3. The minimum atomic E-state index is -0.101. The molecule has 20 heavy (non-hydrogen) atoms. The number of benzene rings is 2. The van der Waals surface area contributed by atoms with Crippen LogP contribution in [0.25, 0.3) is 0 Å². The SMILES string of the molecule is O=C(Cc1cccc(O)c1)NC1COc2ccccc21. The van der Waals surface area contributed by atoms with Gasteiger partial charge in [0.1, 0.15) is 18.1 Å². The van der Waals surface area contributed by atoms with Crippen molar-refractivity contribution in [2.45, 2.75) is 12.5 Å². The number of hydrogen-bond acceptors (Lipinski definition) is 3. The third kappa shape index (κ3) is 2.59. The first-order valence-corrected chi connectivity index (χ1v) is 6.51. The number of hydrogen-bond donors (Lipinski definition) is 2. The van der Waals surface area contributed by atoms with Gasteiger partial charge in [-0.1, -0.05) is 30.3 Å². The molecule has 0 saturated heterocycles. The molecule has 4 nitrogen and oxygen atoms in total. The molecule has 0 aromatic heterocycles. The number of phenols is 1. The summed E-state index contributed by atoms with van der Waals surface area (Å²) in [7, 11) is 0. The van der Waals surface area contributed by atoms with Gasteiger partial charge in [-0.3, -0.25) is 4.79 Å². The lowest BCUT2D eigenvalue weighted by atomic mass is 10.1. The first kappa shape index (κ1) is 12.5. The standard InChI is InChI=1S/C16H15NO3/c18-12-5-3-4-11(8-12)9-16(19)17-14-10-20-15-7-2-1-6-13(14)15/h1-8,14,18H,9-10H2,(H,17,19). The minimum absolute atomic E-state index is 0.0825. The van der Waals surface area contributed by atoms with Crippen molar-refractivity contribution in [1.29, 1.82) is 0 Å². The largest absolute Gasteiger partial charge is 0.508 e. The van der Waals surface area contributed by atoms with E-state index in [2.05, 4.69) is 5.32 Å². The molecule has 2 aromatic carbocycles. The molecule has 1 amide bonds. The van der Waals surface area contributed by atoms with E-state index in [1.165, 1.54) is 0 Å². The molecule has 2 N–H and O–H groups in total. The maximum absolute atomic E-state index is 12.0. The molecule has 1 atom stereocenters. The van der Waals surface area contributed by atoms with Gasteiger partial charge < -0.3 is 15.2 Å². The maximum Gasteiger partial charge on any atom is 0.225 e. The number of phenolic OH excluding ortho intramolecular Hbond substituents is 1. The number of carbonyl (C=O) groups is 1. The van der Waals surface area contributed by atoms with Crippen molar-refractivity contribution < 1.29 is 14.6 Å². The van der Waals surface area contributed by atoms with Crippen LogP contribution in [0.2, 0.25) is 0 Å². The summed E-state index contributed by atoms with van der Waals surface area (Å²) in [5.41, 5.74) is 1.80. The predicted octanol–water partition coefficient (Wildman–Crippen LogP) is 2.18. The Balaban J connectivity index is 1.66. The van der Waals surface area contributed by atoms with E-state index < -0.39 is 0 Å². The van der Waals surface area contributed by atoms with Crippen LogP contribution < -0.4 is 10.1 Å². The Morgan fingerprint density at radius 1 is 1.25 bits per heavy atom. The van der Waals surface area contributed by atoms with Gasteiger partial charge in [0.25, 0.3) is 0 Å². The van der Waals surface area contributed by atoms with Gasteiger partial charge in [0.15, 0.2) is 0 Å². The fourth-order valence-electron chi connectivity index (χ4n) is 2.38. The minimum Gasteiger partial charge on any atom is -0.508 e. The van der Waals surface area contributed by atoms with Gasteiger partial charge in [-0.2, -0.15) is 0 Å². The first-order chi connectivity index (χ1) is 9.72. The highest BCUT2D eigenvalue weighted by molar-refractivity contribution is 5.79. The van der Waals surface area contributed by atoms with Crippen LogP contribution in [0.15, 0.2) is 48.5 Å². The fourth-order valence-corrected chi connectivity index (χ4v) is 2.38. The third-order valence-corrected chi connectivity index (χ3v) is 3.31. The lowest BCUT2D eigenvalue weighted by Crippen LogP contribution is -2.30. The van der Waals surface area contributed by atoms with Crippen LogP contribution in [0.3, 0.4) is 0 Å². The van der Waals surface area contributed by atoms with Gasteiger partial charge in [-0.25, -0.2) is 0 Å². The van der Waals surface area contributed by atoms with E-state index in [0.29, 0.717) is 6.61 Å². The van der Waals surface area contributed by atoms with E-state index >= 15 is 0 Å². The second-order valence-corrected chi connectivity index (χ2v) is 4.82. The number of nitrogens with one attached hydrogen (secondary N) is 1. The van der Waals surface area contributed by atoms with Crippen LogP contribution in [0.1, 0.15) is 17.2 Å². The zero-order valence-corrected chi connectivity index (χ0v) is 10.9. The van der Waals surface area contributed by atoms with E-state index in [9.17, 15) is 9.90 Å². The summed E-state index contributed by atoms with van der Waals surface area (Å²) in [4.78, 5) is 12.0. The number of aromatic hydroxyl groups is 1. The Labute approximate surface area is 117 Å². The summed E-state index contributed by atoms with van der Waals surface area (Å²) in [5, 5.41) is 12.3. The molecule has 102 valence electrons. The molecule has 0 radical (unpaired) electrons. The molecular weight excluding hydrogens is 254 g/mol. The number of carbonyl (C=O) groups excluding carboxylic acids is 1. The summed E-state index contributed by atoms with van der Waals surface area (Å²) in [5.74, 6) is 0.918. The predicted molar refractivity (Wildman–Crippen MR) is 74.6 cm³/mol. The van der Waals surface area contributed by atoms with Gasteiger partial charge in [-0.05, 0) is 23.8 Å². The highest BCUT2D eigenvalue weighted by atomic mass is 16.5. The Morgan fingerprint density at radius 2 is 2.10 bits per heavy atom. The van der Waals surface area contributed by atoms with Crippen LogP contribution in [0, 0.1) is 0 Å². The molecule has 1 heterocycles. The Bertz CT molecular complexity index is 639. The Kier molecular flexibility index (Phi) is 3.29. The zero-order valence-electron chi connectivity index (χ0n) is 10.9. The lowest BCUT2D eigenvalue weighted by molar-refractivity contribution is -0.121. The molecule has 4 heteroatoms. The summed E-state index contributed by atoms with van der Waals surface area (Å²) in [6, 6.07) is 14.3. The average molecular weight is 269 g/mol. The van der Waals surface area contributed by atoms with E-state index in [-0.39, 0.29) is 24.1 Å². The average Bonchev–Trinajstić information content (AvgIpc) is 2.82. The quantitative estimate of drug-likeness (QED) is 0.898. The van der Waals surface area contributed by atoms with Crippen molar-refractivity contribution in [3.05, 3.63) is 59.7 Å². The van der Waals surface area contributed by atoms with E-state index in [0.717, 1.165) is 16.9 Å². The van der Waals surface area contributed by atoms with E-state index in [4.69, 9.17) is 4.74 Å². The van der Waals surface area contributed by atoms with Crippen molar-refractivity contribution in [3.8, 4) is 11.5 Å². The van der Waals surface area contributed by atoms with Crippen molar-refractivity contribution in [2.24, 2.45) is 0 Å². The molecule has 0 bridgehead atoms. The molecule has 1 aliphatic heterocycles. The van der Waals surface area contributed by atoms with Crippen molar-refractivity contribution in [3.63, 3.8) is 0 Å². The van der Waals surface area contributed by atoms with Gasteiger partial charge in [-0.15, -0.1) is 0 Å². The first-order valence-electron chi connectivity index (χ1n) is 6.51. The summed E-state index contributed by atoms with van der Waals surface area (Å²) in [6.45, 7) is 0.463. The topological polar surface area (TPSA) is 58.6 Å². The fraction of sp³-hybridized carbons (Fsp3) is 0.188. The summed E-state index contributed by atoms with van der Waals surface area (Å²) >= 11 is 0. The monoisotopic (exact) mass is 269 g/mol. The molecule has 0 spiro atoms. The molecule has 3 rings (SSSR count). The number of fused-ring (bicyclic) bond motifs is 1. The molecule has 2 aromatic rings. The van der Waals surface area contributed by atoms with Crippen molar-refractivity contribution in [2.75, 3.05) is 6.61 Å². The van der Waals surface area contributed by atoms with Crippen molar-refractivity contribution >= 4 is 5.91 Å². The zero-order chi connectivity index (χ0) is 13.9. The second kappa shape index (κ2) is 5.25. The Morgan fingerprint density at radius 3 is 2.95 bits per heavy atom. The van der Waals surface area contributed by atoms with Crippen LogP contribution in [0.5, 0.6) is 11.5 Å². The smallest absolute Gasteiger partial charge is 0.225 e.